The van der Waals surface area contributed by atoms with Crippen LogP contribution in [0.15, 0.2) is 27.8 Å². The highest BCUT2D eigenvalue weighted by Gasteiger charge is 2.20. The van der Waals surface area contributed by atoms with Gasteiger partial charge in [0, 0.05) is 6.92 Å². The smallest absolute Gasteiger partial charge is 0.334 e. The summed E-state index contributed by atoms with van der Waals surface area (Å²) >= 11 is 1.06. The molecule has 0 aliphatic rings. The number of carbonyl (C=O) groups is 1. The molecule has 118 valence electrons. The van der Waals surface area contributed by atoms with Gasteiger partial charge in [-0.15, -0.1) is 11.3 Å². The molecule has 0 amide bonds. The summed E-state index contributed by atoms with van der Waals surface area (Å²) in [6.45, 7) is 5.18. The zero-order chi connectivity index (χ0) is 16.9. The number of nitrogens with zero attached hydrogens (tertiary/aromatic N) is 1. The Kier molecular flexibility index (Phi) is 3.45. The van der Waals surface area contributed by atoms with Gasteiger partial charge in [-0.2, -0.15) is 0 Å². The maximum atomic E-state index is 12.4. The van der Waals surface area contributed by atoms with Crippen LogP contribution in [0.4, 0.5) is 5.69 Å². The number of nitrogens with two attached hydrogens (primary N) is 1. The standard InChI is InChI=1S/C16H15N3O3S/c1-7-4-5-8(2)10(6-7)19-15-11(14(21)18-16(19)22)12(17)13(23-15)9(3)20/h4-6H,17H2,1-3H3,(H,18,21,22). The summed E-state index contributed by atoms with van der Waals surface area (Å²) < 4.78 is 1.41. The number of aryl methyl sites for hydroxylation is 2. The SMILES string of the molecule is CC(=O)c1sc2c(c1N)c(=O)[nH]c(=O)n2-c1cc(C)ccc1C. The van der Waals surface area contributed by atoms with Crippen molar-refractivity contribution in [1.82, 2.24) is 9.55 Å². The average molecular weight is 329 g/mol. The maximum Gasteiger partial charge on any atom is 0.334 e. The molecule has 0 spiro atoms. The number of hydrogen-bond acceptors (Lipinski definition) is 5. The van der Waals surface area contributed by atoms with Crippen molar-refractivity contribution < 1.29 is 4.79 Å². The molecular weight excluding hydrogens is 314 g/mol. The van der Waals surface area contributed by atoms with Gasteiger partial charge in [0.05, 0.1) is 21.6 Å². The molecule has 0 aliphatic carbocycles. The number of aromatic nitrogens is 2. The molecule has 0 atom stereocenters. The lowest BCUT2D eigenvalue weighted by Gasteiger charge is -2.10. The molecule has 0 fully saturated rings. The summed E-state index contributed by atoms with van der Waals surface area (Å²) in [5, 5.41) is 0.181. The zero-order valence-corrected chi connectivity index (χ0v) is 13.7. The monoisotopic (exact) mass is 329 g/mol. The Labute approximate surface area is 135 Å². The van der Waals surface area contributed by atoms with Crippen LogP contribution in [0.1, 0.15) is 27.7 Å². The van der Waals surface area contributed by atoms with Crippen LogP contribution in [-0.4, -0.2) is 15.3 Å². The lowest BCUT2D eigenvalue weighted by atomic mass is 10.1. The molecule has 0 unspecified atom stereocenters. The van der Waals surface area contributed by atoms with Crippen molar-refractivity contribution >= 4 is 33.0 Å². The molecule has 7 heteroatoms. The Bertz CT molecular complexity index is 1070. The predicted octanol–water partition coefficient (Wildman–Crippen LogP) is 2.14. The number of aromatic amines is 1. The van der Waals surface area contributed by atoms with Gasteiger partial charge >= 0.3 is 5.69 Å². The molecule has 3 aromatic rings. The van der Waals surface area contributed by atoms with Crippen LogP contribution in [0, 0.1) is 13.8 Å². The Morgan fingerprint density at radius 3 is 2.61 bits per heavy atom. The molecule has 0 saturated carbocycles. The van der Waals surface area contributed by atoms with Gasteiger partial charge in [0.15, 0.2) is 5.78 Å². The van der Waals surface area contributed by atoms with Gasteiger partial charge in [-0.05, 0) is 31.0 Å². The summed E-state index contributed by atoms with van der Waals surface area (Å²) in [5.41, 5.74) is 7.48. The van der Waals surface area contributed by atoms with Crippen molar-refractivity contribution in [2.24, 2.45) is 0 Å². The molecule has 1 aromatic carbocycles. The zero-order valence-electron chi connectivity index (χ0n) is 12.9. The highest BCUT2D eigenvalue weighted by atomic mass is 32.1. The maximum absolute atomic E-state index is 12.4. The summed E-state index contributed by atoms with van der Waals surface area (Å²) in [6.07, 6.45) is 0. The minimum absolute atomic E-state index is 0.123. The first-order valence-corrected chi connectivity index (χ1v) is 7.78. The van der Waals surface area contributed by atoms with Gasteiger partial charge in [-0.1, -0.05) is 12.1 Å². The molecule has 3 N–H and O–H groups in total. The molecular formula is C16H15N3O3S. The lowest BCUT2D eigenvalue weighted by molar-refractivity contribution is 0.102. The average Bonchev–Trinajstić information content (AvgIpc) is 2.80. The lowest BCUT2D eigenvalue weighted by Crippen LogP contribution is -2.29. The number of H-pyrrole nitrogens is 1. The van der Waals surface area contributed by atoms with Crippen molar-refractivity contribution in [3.8, 4) is 5.69 Å². The Morgan fingerprint density at radius 2 is 1.96 bits per heavy atom. The molecule has 3 rings (SSSR count). The number of benzene rings is 1. The van der Waals surface area contributed by atoms with E-state index in [1.165, 1.54) is 11.5 Å². The van der Waals surface area contributed by atoms with E-state index in [4.69, 9.17) is 5.73 Å². The summed E-state index contributed by atoms with van der Waals surface area (Å²) in [7, 11) is 0. The van der Waals surface area contributed by atoms with Gasteiger partial charge in [-0.3, -0.25) is 19.1 Å². The number of ketones is 1. The fourth-order valence-corrected chi connectivity index (χ4v) is 3.68. The van der Waals surface area contributed by atoms with Crippen LogP contribution in [0.3, 0.4) is 0 Å². The number of hydrogen-bond donors (Lipinski definition) is 2. The van der Waals surface area contributed by atoms with Crippen molar-refractivity contribution in [2.75, 3.05) is 5.73 Å². The normalized spacial score (nSPS) is 11.1. The number of nitrogen functional groups attached to an aromatic ring is 1. The molecule has 23 heavy (non-hydrogen) atoms. The van der Waals surface area contributed by atoms with E-state index < -0.39 is 11.2 Å². The van der Waals surface area contributed by atoms with Gasteiger partial charge in [0.25, 0.3) is 5.56 Å². The number of Topliss-reactive ketones (excluding diaryl/α,β-unsaturated/α-hetero) is 1. The van der Waals surface area contributed by atoms with Crippen molar-refractivity contribution in [1.29, 1.82) is 0 Å². The van der Waals surface area contributed by atoms with Crippen LogP contribution >= 0.6 is 11.3 Å². The van der Waals surface area contributed by atoms with E-state index in [2.05, 4.69) is 4.98 Å². The molecule has 0 saturated heterocycles. The van der Waals surface area contributed by atoms with Gasteiger partial charge in [0.1, 0.15) is 4.83 Å². The highest BCUT2D eigenvalue weighted by molar-refractivity contribution is 7.21. The summed E-state index contributed by atoms with van der Waals surface area (Å²) in [5.74, 6) is -0.233. The minimum Gasteiger partial charge on any atom is -0.397 e. The molecule has 0 bridgehead atoms. The molecule has 2 heterocycles. The number of thiophene rings is 1. The fraction of sp³-hybridized carbons (Fsp3) is 0.188. The van der Waals surface area contributed by atoms with E-state index in [0.29, 0.717) is 10.5 Å². The van der Waals surface area contributed by atoms with Crippen LogP contribution in [0.5, 0.6) is 0 Å². The van der Waals surface area contributed by atoms with Crippen LogP contribution < -0.4 is 17.0 Å². The van der Waals surface area contributed by atoms with E-state index in [-0.39, 0.29) is 21.7 Å². The minimum atomic E-state index is -0.576. The largest absolute Gasteiger partial charge is 0.397 e. The Morgan fingerprint density at radius 1 is 1.26 bits per heavy atom. The number of fused-ring (bicyclic) bond motifs is 1. The topological polar surface area (TPSA) is 98.0 Å². The number of rotatable bonds is 2. The van der Waals surface area contributed by atoms with Crippen LogP contribution in [0.2, 0.25) is 0 Å². The van der Waals surface area contributed by atoms with E-state index in [0.717, 1.165) is 22.5 Å². The second kappa shape index (κ2) is 5.20. The first-order chi connectivity index (χ1) is 10.8. The first kappa shape index (κ1) is 15.2. The number of anilines is 1. The number of nitrogens with one attached hydrogen (secondary N) is 1. The number of carbonyl (C=O) groups excluding carboxylic acids is 1. The molecule has 2 aromatic heterocycles. The van der Waals surface area contributed by atoms with Crippen molar-refractivity contribution in [3.63, 3.8) is 0 Å². The second-order valence-corrected chi connectivity index (χ2v) is 6.46. The van der Waals surface area contributed by atoms with E-state index in [9.17, 15) is 14.4 Å². The molecule has 0 aliphatic heterocycles. The molecule has 0 radical (unpaired) electrons. The predicted molar refractivity (Wildman–Crippen MR) is 91.9 cm³/mol. The third-order valence-corrected chi connectivity index (χ3v) is 5.00. The van der Waals surface area contributed by atoms with Crippen LogP contribution in [0.25, 0.3) is 15.9 Å². The fourth-order valence-electron chi connectivity index (χ4n) is 2.56. The highest BCUT2D eigenvalue weighted by Crippen LogP contribution is 2.32. The van der Waals surface area contributed by atoms with Crippen LogP contribution in [-0.2, 0) is 0 Å². The van der Waals surface area contributed by atoms with Gasteiger partial charge in [-0.25, -0.2) is 4.79 Å². The van der Waals surface area contributed by atoms with Gasteiger partial charge in [0.2, 0.25) is 0 Å². The van der Waals surface area contributed by atoms with Gasteiger partial charge < -0.3 is 5.73 Å². The Hall–Kier alpha value is -2.67. The van der Waals surface area contributed by atoms with Crippen molar-refractivity contribution in [3.05, 3.63) is 55.0 Å². The summed E-state index contributed by atoms with van der Waals surface area (Å²) in [6, 6.07) is 5.70. The Balaban J connectivity index is 2.54. The quantitative estimate of drug-likeness (QED) is 0.704. The van der Waals surface area contributed by atoms with E-state index in [1.54, 1.807) is 0 Å². The first-order valence-electron chi connectivity index (χ1n) is 6.97. The molecule has 6 nitrogen and oxygen atoms in total. The van der Waals surface area contributed by atoms with Crippen molar-refractivity contribution in [2.45, 2.75) is 20.8 Å². The van der Waals surface area contributed by atoms with E-state index >= 15 is 0 Å². The van der Waals surface area contributed by atoms with E-state index in [1.807, 2.05) is 32.0 Å². The second-order valence-electron chi connectivity index (χ2n) is 5.47. The third kappa shape index (κ3) is 2.29. The third-order valence-electron chi connectivity index (χ3n) is 3.71. The summed E-state index contributed by atoms with van der Waals surface area (Å²) in [4.78, 5) is 39.2.